The number of esters is 3. The van der Waals surface area contributed by atoms with Crippen LogP contribution in [0.5, 0.6) is 0 Å². The highest BCUT2D eigenvalue weighted by molar-refractivity contribution is 5.71. The van der Waals surface area contributed by atoms with Gasteiger partial charge >= 0.3 is 17.9 Å². The Balaban J connectivity index is 4.49. The van der Waals surface area contributed by atoms with E-state index in [1.807, 2.05) is 0 Å². The fourth-order valence-corrected chi connectivity index (χ4v) is 7.13. The zero-order chi connectivity index (χ0) is 47.2. The maximum absolute atomic E-state index is 12.8. The SMILES string of the molecule is CC/C=C\C/C=C\C/C=C\C/C=C\CCCCC(=O)OCC(COC(=O)CCCCCCCCCCCCCCCCCCC)OC(=O)CCCC/C=C\C/C=C\C/C=C\C/C=C\CC. The predicted molar refractivity (Wildman–Crippen MR) is 279 cm³/mol. The molecule has 6 nitrogen and oxygen atoms in total. The molecular weight excluding hydrogens is 805 g/mol. The quantitative estimate of drug-likeness (QED) is 0.0262. The summed E-state index contributed by atoms with van der Waals surface area (Å²) in [6, 6.07) is 0. The summed E-state index contributed by atoms with van der Waals surface area (Å²) in [5, 5.41) is 0. The molecule has 0 aromatic rings. The van der Waals surface area contributed by atoms with E-state index in [0.29, 0.717) is 25.7 Å². The monoisotopic (exact) mass is 903 g/mol. The minimum absolute atomic E-state index is 0.107. The van der Waals surface area contributed by atoms with Gasteiger partial charge in [0.15, 0.2) is 6.10 Å². The standard InChI is InChI=1S/C59H98O6/c1-4-7-10-13-16-19-22-25-28-29-32-34-37-40-43-46-49-52-58(61)64-55-56(65-59(62)53-50-47-44-41-38-35-31-27-24-21-18-15-12-9-6-3)54-63-57(60)51-48-45-42-39-36-33-30-26-23-20-17-14-11-8-5-2/h8-9,11-12,17-18,20-21,26-27,30-31,36,38-39,41,56H,4-7,10,13-16,19,22-25,28-29,32-35,37,40,42-55H2,1-3H3/b11-8-,12-9-,20-17-,21-18-,30-26-,31-27-,39-36-,41-38-. The lowest BCUT2D eigenvalue weighted by Crippen LogP contribution is -2.30. The van der Waals surface area contributed by atoms with Crippen LogP contribution in [-0.4, -0.2) is 37.2 Å². The van der Waals surface area contributed by atoms with Crippen molar-refractivity contribution in [3.8, 4) is 0 Å². The number of hydrogen-bond acceptors (Lipinski definition) is 6. The first kappa shape index (κ1) is 61.3. The van der Waals surface area contributed by atoms with E-state index in [9.17, 15) is 14.4 Å². The first-order valence-electron chi connectivity index (χ1n) is 26.7. The van der Waals surface area contributed by atoms with Crippen LogP contribution >= 0.6 is 0 Å². The Morgan fingerprint density at radius 1 is 0.323 bits per heavy atom. The Bertz CT molecular complexity index is 1310. The summed E-state index contributed by atoms with van der Waals surface area (Å²) in [4.78, 5) is 38.0. The van der Waals surface area contributed by atoms with Gasteiger partial charge in [0.25, 0.3) is 0 Å². The third-order valence-electron chi connectivity index (χ3n) is 11.1. The van der Waals surface area contributed by atoms with E-state index >= 15 is 0 Å². The second-order valence-corrected chi connectivity index (χ2v) is 17.4. The van der Waals surface area contributed by atoms with Gasteiger partial charge in [-0.1, -0.05) is 221 Å². The molecule has 0 fully saturated rings. The van der Waals surface area contributed by atoms with Crippen LogP contribution in [0.3, 0.4) is 0 Å². The average Bonchev–Trinajstić information content (AvgIpc) is 3.30. The average molecular weight is 903 g/mol. The van der Waals surface area contributed by atoms with Gasteiger partial charge < -0.3 is 14.2 Å². The molecule has 1 atom stereocenters. The summed E-state index contributed by atoms with van der Waals surface area (Å²) >= 11 is 0. The molecule has 0 radical (unpaired) electrons. The Kier molecular flexibility index (Phi) is 50.0. The van der Waals surface area contributed by atoms with E-state index in [1.54, 1.807) is 0 Å². The second-order valence-electron chi connectivity index (χ2n) is 17.4. The van der Waals surface area contributed by atoms with Crippen molar-refractivity contribution in [3.63, 3.8) is 0 Å². The number of allylic oxidation sites excluding steroid dienone is 16. The summed E-state index contributed by atoms with van der Waals surface area (Å²) in [5.41, 5.74) is 0. The number of carbonyl (C=O) groups excluding carboxylic acids is 3. The number of ether oxygens (including phenoxy) is 3. The molecule has 0 aromatic heterocycles. The maximum atomic E-state index is 12.8. The van der Waals surface area contributed by atoms with Crippen molar-refractivity contribution in [2.24, 2.45) is 0 Å². The fraction of sp³-hybridized carbons (Fsp3) is 0.678. The molecule has 6 heteroatoms. The molecule has 0 rings (SSSR count). The number of hydrogen-bond donors (Lipinski definition) is 0. The number of unbranched alkanes of at least 4 members (excludes halogenated alkanes) is 20. The van der Waals surface area contributed by atoms with E-state index in [0.717, 1.165) is 96.3 Å². The highest BCUT2D eigenvalue weighted by Crippen LogP contribution is 2.15. The Hall–Kier alpha value is -3.67. The molecule has 0 bridgehead atoms. The van der Waals surface area contributed by atoms with Gasteiger partial charge in [-0.25, -0.2) is 0 Å². The van der Waals surface area contributed by atoms with Gasteiger partial charge in [0, 0.05) is 19.3 Å². The van der Waals surface area contributed by atoms with Crippen LogP contribution in [0, 0.1) is 0 Å². The van der Waals surface area contributed by atoms with Crippen molar-refractivity contribution < 1.29 is 28.6 Å². The van der Waals surface area contributed by atoms with Crippen molar-refractivity contribution in [1.82, 2.24) is 0 Å². The molecule has 0 aliphatic rings. The molecule has 0 amide bonds. The van der Waals surface area contributed by atoms with Crippen LogP contribution in [0.1, 0.15) is 239 Å². The molecule has 1 unspecified atom stereocenters. The van der Waals surface area contributed by atoms with Gasteiger partial charge in [0.2, 0.25) is 0 Å². The Labute approximate surface area is 400 Å². The number of rotatable bonds is 47. The smallest absolute Gasteiger partial charge is 0.306 e. The summed E-state index contributed by atoms with van der Waals surface area (Å²) in [7, 11) is 0. The number of carbonyl (C=O) groups is 3. The van der Waals surface area contributed by atoms with Crippen molar-refractivity contribution in [3.05, 3.63) is 97.2 Å². The summed E-state index contributed by atoms with van der Waals surface area (Å²) in [6.45, 7) is 6.34. The highest BCUT2D eigenvalue weighted by atomic mass is 16.6. The van der Waals surface area contributed by atoms with Crippen LogP contribution in [0.2, 0.25) is 0 Å². The van der Waals surface area contributed by atoms with Crippen molar-refractivity contribution in [1.29, 1.82) is 0 Å². The minimum Gasteiger partial charge on any atom is -0.462 e. The summed E-state index contributed by atoms with van der Waals surface area (Å²) in [5.74, 6) is -0.991. The van der Waals surface area contributed by atoms with E-state index < -0.39 is 6.10 Å². The maximum Gasteiger partial charge on any atom is 0.306 e. The molecule has 0 aliphatic heterocycles. The zero-order valence-corrected chi connectivity index (χ0v) is 42.2. The third-order valence-corrected chi connectivity index (χ3v) is 11.1. The Morgan fingerprint density at radius 2 is 0.600 bits per heavy atom. The molecule has 0 aromatic carbocycles. The third kappa shape index (κ3) is 51.2. The van der Waals surface area contributed by atoms with E-state index in [4.69, 9.17) is 14.2 Å². The topological polar surface area (TPSA) is 78.9 Å². The van der Waals surface area contributed by atoms with Gasteiger partial charge in [-0.05, 0) is 96.3 Å². The van der Waals surface area contributed by atoms with E-state index in [2.05, 4.69) is 118 Å². The lowest BCUT2D eigenvalue weighted by atomic mass is 10.0. The van der Waals surface area contributed by atoms with Crippen molar-refractivity contribution >= 4 is 17.9 Å². The van der Waals surface area contributed by atoms with E-state index in [-0.39, 0.29) is 37.5 Å². The first-order chi connectivity index (χ1) is 32.0. The van der Waals surface area contributed by atoms with Crippen molar-refractivity contribution in [2.75, 3.05) is 13.2 Å². The molecule has 370 valence electrons. The van der Waals surface area contributed by atoms with Gasteiger partial charge in [0.1, 0.15) is 13.2 Å². The van der Waals surface area contributed by atoms with Crippen LogP contribution in [0.15, 0.2) is 97.2 Å². The molecule has 0 saturated heterocycles. The molecule has 65 heavy (non-hydrogen) atoms. The molecule has 0 heterocycles. The minimum atomic E-state index is -0.815. The summed E-state index contributed by atoms with van der Waals surface area (Å²) < 4.78 is 16.8. The van der Waals surface area contributed by atoms with Gasteiger partial charge in [-0.15, -0.1) is 0 Å². The largest absolute Gasteiger partial charge is 0.462 e. The lowest BCUT2D eigenvalue weighted by Gasteiger charge is -2.18. The van der Waals surface area contributed by atoms with Gasteiger partial charge in [-0.2, -0.15) is 0 Å². The van der Waals surface area contributed by atoms with E-state index in [1.165, 1.54) is 89.9 Å². The zero-order valence-electron chi connectivity index (χ0n) is 42.2. The molecular formula is C59H98O6. The van der Waals surface area contributed by atoms with Crippen molar-refractivity contribution in [2.45, 2.75) is 245 Å². The van der Waals surface area contributed by atoms with Gasteiger partial charge in [-0.3, -0.25) is 14.4 Å². The lowest BCUT2D eigenvalue weighted by molar-refractivity contribution is -0.167. The molecule has 0 saturated carbocycles. The first-order valence-corrected chi connectivity index (χ1v) is 26.7. The molecule has 0 aliphatic carbocycles. The van der Waals surface area contributed by atoms with Crippen LogP contribution in [0.4, 0.5) is 0 Å². The Morgan fingerprint density at radius 3 is 0.938 bits per heavy atom. The fourth-order valence-electron chi connectivity index (χ4n) is 7.13. The summed E-state index contributed by atoms with van der Waals surface area (Å²) in [6.07, 6.45) is 69.7. The van der Waals surface area contributed by atoms with Crippen LogP contribution < -0.4 is 0 Å². The highest BCUT2D eigenvalue weighted by Gasteiger charge is 2.19. The van der Waals surface area contributed by atoms with Crippen LogP contribution in [0.25, 0.3) is 0 Å². The normalized spacial score (nSPS) is 12.8. The molecule has 0 spiro atoms. The predicted octanol–water partition coefficient (Wildman–Crippen LogP) is 17.8. The van der Waals surface area contributed by atoms with Gasteiger partial charge in [0.05, 0.1) is 0 Å². The van der Waals surface area contributed by atoms with Crippen LogP contribution in [-0.2, 0) is 28.6 Å². The molecule has 0 N–H and O–H groups in total. The second kappa shape index (κ2) is 52.9.